The van der Waals surface area contributed by atoms with E-state index < -0.39 is 15.9 Å². The number of nitrogens with one attached hydrogen (secondary N) is 2. The fourth-order valence-electron chi connectivity index (χ4n) is 3.42. The molecule has 0 saturated heterocycles. The lowest BCUT2D eigenvalue weighted by molar-refractivity contribution is 0.100. The van der Waals surface area contributed by atoms with E-state index in [-0.39, 0.29) is 0 Å². The molecule has 0 fully saturated rings. The van der Waals surface area contributed by atoms with E-state index in [1.807, 2.05) is 32.9 Å². The molecule has 0 aliphatic heterocycles. The number of fused-ring (bicyclic) bond motifs is 1. The van der Waals surface area contributed by atoms with E-state index in [4.69, 9.17) is 5.73 Å². The van der Waals surface area contributed by atoms with Crippen molar-refractivity contribution in [3.05, 3.63) is 64.2 Å². The highest BCUT2D eigenvalue weighted by molar-refractivity contribution is 7.95. The third-order valence-corrected chi connectivity index (χ3v) is 6.05. The third-order valence-electron chi connectivity index (χ3n) is 4.91. The Morgan fingerprint density at radius 2 is 1.79 bits per heavy atom. The summed E-state index contributed by atoms with van der Waals surface area (Å²) in [6.07, 6.45) is 1.47. The van der Waals surface area contributed by atoms with E-state index in [0.29, 0.717) is 16.8 Å². The maximum Gasteiger partial charge on any atom is 0.254 e. The zero-order chi connectivity index (χ0) is 20.6. The van der Waals surface area contributed by atoms with Crippen molar-refractivity contribution in [3.8, 4) is 11.1 Å². The number of aromatic amines is 1. The minimum absolute atomic E-state index is 0.428. The molecule has 1 amide bonds. The number of allylic oxidation sites excluding steroid dienone is 1. The Hall–Kier alpha value is -3.06. The van der Waals surface area contributed by atoms with Gasteiger partial charge in [0.05, 0.1) is 16.8 Å². The number of anilines is 1. The first-order valence-electron chi connectivity index (χ1n) is 8.83. The quantitative estimate of drug-likeness (QED) is 0.602. The Morgan fingerprint density at radius 3 is 2.43 bits per heavy atom. The van der Waals surface area contributed by atoms with E-state index in [1.165, 1.54) is 6.08 Å². The van der Waals surface area contributed by atoms with Gasteiger partial charge in [-0.2, -0.15) is 0 Å². The molecule has 0 aliphatic rings. The number of benzene rings is 2. The average Bonchev–Trinajstić information content (AvgIpc) is 2.91. The molecule has 7 heteroatoms. The van der Waals surface area contributed by atoms with Crippen molar-refractivity contribution in [2.24, 2.45) is 5.73 Å². The van der Waals surface area contributed by atoms with E-state index in [9.17, 15) is 13.2 Å². The molecule has 6 nitrogen and oxygen atoms in total. The highest BCUT2D eigenvalue weighted by Gasteiger charge is 2.19. The standard InChI is InChI=1S/C21H23N3O3S/c1-5-11-28(26,27)24-18-8-6-7-15(13(18)3)16-9-10-17(21(22)25)20-19(16)12(2)14(4)23-20/h5-11,23-24H,1-4H3,(H2,22,25). The van der Waals surface area contributed by atoms with E-state index >= 15 is 0 Å². The molecular weight excluding hydrogens is 374 g/mol. The van der Waals surface area contributed by atoms with Crippen molar-refractivity contribution in [2.75, 3.05) is 4.72 Å². The molecule has 1 aromatic heterocycles. The SMILES string of the molecule is CC=CS(=O)(=O)Nc1cccc(-c2ccc(C(N)=O)c3[nH]c(C)c(C)c23)c1C. The molecule has 146 valence electrons. The van der Waals surface area contributed by atoms with Crippen LogP contribution in [0.15, 0.2) is 41.8 Å². The van der Waals surface area contributed by atoms with Crippen LogP contribution in [0.1, 0.15) is 34.1 Å². The molecule has 0 saturated carbocycles. The first-order chi connectivity index (χ1) is 13.2. The number of H-pyrrole nitrogens is 1. The minimum Gasteiger partial charge on any atom is -0.366 e. The topological polar surface area (TPSA) is 105 Å². The second kappa shape index (κ2) is 7.16. The number of aromatic nitrogens is 1. The highest BCUT2D eigenvalue weighted by Crippen LogP contribution is 2.37. The van der Waals surface area contributed by atoms with Crippen molar-refractivity contribution in [3.63, 3.8) is 0 Å². The Bertz CT molecular complexity index is 1220. The smallest absolute Gasteiger partial charge is 0.254 e. The number of primary amides is 1. The van der Waals surface area contributed by atoms with Crippen LogP contribution in [0.2, 0.25) is 0 Å². The van der Waals surface area contributed by atoms with Crippen molar-refractivity contribution >= 4 is 32.5 Å². The molecule has 0 unspecified atom stereocenters. The number of carbonyl (C=O) groups is 1. The van der Waals surface area contributed by atoms with Gasteiger partial charge in [0.15, 0.2) is 0 Å². The summed E-state index contributed by atoms with van der Waals surface area (Å²) in [4.78, 5) is 15.1. The third kappa shape index (κ3) is 3.41. The molecule has 28 heavy (non-hydrogen) atoms. The van der Waals surface area contributed by atoms with Gasteiger partial charge in [0.25, 0.3) is 15.9 Å². The Kier molecular flexibility index (Phi) is 5.04. The van der Waals surface area contributed by atoms with E-state index in [1.54, 1.807) is 25.1 Å². The number of carbonyl (C=O) groups excluding carboxylic acids is 1. The maximum atomic E-state index is 12.1. The lowest BCUT2D eigenvalue weighted by Crippen LogP contribution is -2.12. The lowest BCUT2D eigenvalue weighted by atomic mass is 9.93. The zero-order valence-corrected chi connectivity index (χ0v) is 17.1. The Balaban J connectivity index is 2.26. The van der Waals surface area contributed by atoms with Crippen LogP contribution in [0.3, 0.4) is 0 Å². The van der Waals surface area contributed by atoms with Crippen LogP contribution >= 0.6 is 0 Å². The molecule has 0 aliphatic carbocycles. The van der Waals surface area contributed by atoms with Crippen molar-refractivity contribution < 1.29 is 13.2 Å². The monoisotopic (exact) mass is 397 g/mol. The van der Waals surface area contributed by atoms with Gasteiger partial charge in [-0.15, -0.1) is 0 Å². The molecule has 0 radical (unpaired) electrons. The highest BCUT2D eigenvalue weighted by atomic mass is 32.2. The van der Waals surface area contributed by atoms with Gasteiger partial charge in [-0.3, -0.25) is 9.52 Å². The fourth-order valence-corrected chi connectivity index (χ4v) is 4.38. The first kappa shape index (κ1) is 19.7. The van der Waals surface area contributed by atoms with Gasteiger partial charge in [-0.05, 0) is 62.1 Å². The van der Waals surface area contributed by atoms with Crippen LogP contribution in [0.25, 0.3) is 22.0 Å². The molecule has 1 heterocycles. The van der Waals surface area contributed by atoms with Gasteiger partial charge >= 0.3 is 0 Å². The minimum atomic E-state index is -3.57. The summed E-state index contributed by atoms with van der Waals surface area (Å²) in [5.74, 6) is -0.498. The fraction of sp³-hybridized carbons (Fsp3) is 0.190. The maximum absolute atomic E-state index is 12.1. The number of hydrogen-bond acceptors (Lipinski definition) is 3. The van der Waals surface area contributed by atoms with E-state index in [0.717, 1.165) is 38.7 Å². The summed E-state index contributed by atoms with van der Waals surface area (Å²) in [6.45, 7) is 7.44. The molecule has 2 aromatic carbocycles. The molecular formula is C21H23N3O3S. The zero-order valence-electron chi connectivity index (χ0n) is 16.3. The molecule has 0 spiro atoms. The van der Waals surface area contributed by atoms with Gasteiger partial charge in [-0.1, -0.05) is 24.3 Å². The largest absolute Gasteiger partial charge is 0.366 e. The number of hydrogen-bond donors (Lipinski definition) is 3. The van der Waals surface area contributed by atoms with Crippen LogP contribution in [-0.2, 0) is 10.0 Å². The molecule has 4 N–H and O–H groups in total. The normalized spacial score (nSPS) is 12.0. The lowest BCUT2D eigenvalue weighted by Gasteiger charge is -2.14. The summed E-state index contributed by atoms with van der Waals surface area (Å²) in [7, 11) is -3.57. The molecule has 0 atom stereocenters. The average molecular weight is 398 g/mol. The van der Waals surface area contributed by atoms with Gasteiger partial charge in [-0.25, -0.2) is 8.42 Å². The molecule has 3 aromatic rings. The van der Waals surface area contributed by atoms with Crippen LogP contribution in [0.4, 0.5) is 5.69 Å². The summed E-state index contributed by atoms with van der Waals surface area (Å²) < 4.78 is 26.9. The first-order valence-corrected chi connectivity index (χ1v) is 10.4. The summed E-state index contributed by atoms with van der Waals surface area (Å²) in [6, 6.07) is 9.02. The van der Waals surface area contributed by atoms with Gasteiger partial charge in [0.2, 0.25) is 0 Å². The molecule has 0 bridgehead atoms. The number of amides is 1. The summed E-state index contributed by atoms with van der Waals surface area (Å²) in [5, 5.41) is 2.03. The number of rotatable bonds is 5. The predicted molar refractivity (Wildman–Crippen MR) is 114 cm³/mol. The second-order valence-electron chi connectivity index (χ2n) is 6.74. The van der Waals surface area contributed by atoms with Crippen molar-refractivity contribution in [2.45, 2.75) is 27.7 Å². The summed E-state index contributed by atoms with van der Waals surface area (Å²) >= 11 is 0. The number of sulfonamides is 1. The Labute approximate surface area is 164 Å². The number of nitrogens with two attached hydrogens (primary N) is 1. The summed E-state index contributed by atoms with van der Waals surface area (Å²) in [5.41, 5.74) is 11.7. The number of aryl methyl sites for hydroxylation is 2. The van der Waals surface area contributed by atoms with Gasteiger partial charge in [0.1, 0.15) is 0 Å². The van der Waals surface area contributed by atoms with Gasteiger partial charge in [0, 0.05) is 16.5 Å². The Morgan fingerprint density at radius 1 is 1.07 bits per heavy atom. The van der Waals surface area contributed by atoms with Crippen LogP contribution in [-0.4, -0.2) is 19.3 Å². The van der Waals surface area contributed by atoms with Crippen molar-refractivity contribution in [1.82, 2.24) is 4.98 Å². The van der Waals surface area contributed by atoms with Gasteiger partial charge < -0.3 is 10.7 Å². The second-order valence-corrected chi connectivity index (χ2v) is 8.31. The predicted octanol–water partition coefficient (Wildman–Crippen LogP) is 4.13. The van der Waals surface area contributed by atoms with Crippen LogP contribution in [0, 0.1) is 20.8 Å². The van der Waals surface area contributed by atoms with Crippen LogP contribution in [0.5, 0.6) is 0 Å². The van der Waals surface area contributed by atoms with Crippen LogP contribution < -0.4 is 10.5 Å². The van der Waals surface area contributed by atoms with E-state index in [2.05, 4.69) is 9.71 Å². The molecule has 3 rings (SSSR count). The van der Waals surface area contributed by atoms with Crippen molar-refractivity contribution in [1.29, 1.82) is 0 Å².